The van der Waals surface area contributed by atoms with E-state index in [1.807, 2.05) is 12.3 Å². The van der Waals surface area contributed by atoms with Crippen LogP contribution >= 0.6 is 22.7 Å². The number of esters is 1. The minimum Gasteiger partial charge on any atom is -0.464 e. The molecule has 2 aromatic rings. The number of aromatic nitrogens is 2. The summed E-state index contributed by atoms with van der Waals surface area (Å²) in [6.45, 7) is 2.57. The zero-order chi connectivity index (χ0) is 12.3. The number of carbonyl (C=O) groups excluding carboxylic acids is 1. The van der Waals surface area contributed by atoms with Gasteiger partial charge in [0.05, 0.1) is 13.7 Å². The molecule has 2 aromatic heterocycles. The quantitative estimate of drug-likeness (QED) is 0.863. The van der Waals surface area contributed by atoms with Gasteiger partial charge in [-0.25, -0.2) is 14.8 Å². The van der Waals surface area contributed by atoms with E-state index in [4.69, 9.17) is 0 Å². The zero-order valence-electron chi connectivity index (χ0n) is 9.39. The number of hydrogen-bond acceptors (Lipinski definition) is 7. The minimum atomic E-state index is -0.417. The smallest absolute Gasteiger partial charge is 0.357 e. The van der Waals surface area contributed by atoms with Gasteiger partial charge in [0.25, 0.3) is 0 Å². The Morgan fingerprint density at radius 1 is 1.41 bits per heavy atom. The summed E-state index contributed by atoms with van der Waals surface area (Å²) >= 11 is 2.97. The van der Waals surface area contributed by atoms with E-state index in [2.05, 4.69) is 20.0 Å². The summed E-state index contributed by atoms with van der Waals surface area (Å²) in [6.07, 6.45) is 0. The Kier molecular flexibility index (Phi) is 3.70. The van der Waals surface area contributed by atoms with Gasteiger partial charge in [0.1, 0.15) is 5.01 Å². The number of carbonyl (C=O) groups is 1. The molecule has 2 rings (SSSR count). The second kappa shape index (κ2) is 5.24. The van der Waals surface area contributed by atoms with Crippen molar-refractivity contribution in [2.75, 3.05) is 12.4 Å². The van der Waals surface area contributed by atoms with Crippen molar-refractivity contribution in [2.24, 2.45) is 0 Å². The molecule has 0 aliphatic carbocycles. The highest BCUT2D eigenvalue weighted by Crippen LogP contribution is 2.18. The largest absolute Gasteiger partial charge is 0.464 e. The molecule has 7 heteroatoms. The van der Waals surface area contributed by atoms with Crippen molar-refractivity contribution in [1.82, 2.24) is 9.97 Å². The Morgan fingerprint density at radius 2 is 2.24 bits per heavy atom. The Morgan fingerprint density at radius 3 is 2.88 bits per heavy atom. The third-order valence-electron chi connectivity index (χ3n) is 1.96. The predicted molar refractivity (Wildman–Crippen MR) is 67.6 cm³/mol. The molecule has 90 valence electrons. The first-order valence-corrected chi connectivity index (χ1v) is 6.63. The van der Waals surface area contributed by atoms with Crippen LogP contribution in [0.4, 0.5) is 5.13 Å². The van der Waals surface area contributed by atoms with E-state index in [0.717, 1.165) is 10.7 Å². The first-order chi connectivity index (χ1) is 8.19. The van der Waals surface area contributed by atoms with Gasteiger partial charge in [-0.3, -0.25) is 0 Å². The summed E-state index contributed by atoms with van der Waals surface area (Å²) in [5.74, 6) is -0.417. The monoisotopic (exact) mass is 269 g/mol. The van der Waals surface area contributed by atoms with Crippen molar-refractivity contribution in [3.05, 3.63) is 27.2 Å². The molecule has 0 aromatic carbocycles. The summed E-state index contributed by atoms with van der Waals surface area (Å²) in [5.41, 5.74) is 1.34. The molecule has 0 fully saturated rings. The number of nitrogens with zero attached hydrogens (tertiary/aromatic N) is 2. The Balaban J connectivity index is 1.95. The van der Waals surface area contributed by atoms with Gasteiger partial charge in [0.2, 0.25) is 0 Å². The number of rotatable bonds is 4. The molecule has 5 nitrogen and oxygen atoms in total. The molecule has 0 bridgehead atoms. The lowest BCUT2D eigenvalue weighted by atomic mass is 10.5. The maximum absolute atomic E-state index is 11.2. The highest BCUT2D eigenvalue weighted by Gasteiger charge is 2.10. The third kappa shape index (κ3) is 3.01. The van der Waals surface area contributed by atoms with Crippen molar-refractivity contribution in [2.45, 2.75) is 13.5 Å². The van der Waals surface area contributed by atoms with Crippen LogP contribution in [0.5, 0.6) is 0 Å². The standard InChI is InChI=1S/C10H11N3O2S2/c1-6-4-16-8(12-6)3-11-10-13-7(5-17-10)9(14)15-2/h4-5H,3H2,1-2H3,(H,11,13). The fourth-order valence-electron chi connectivity index (χ4n) is 1.19. The first-order valence-electron chi connectivity index (χ1n) is 4.88. The fourth-order valence-corrected chi connectivity index (χ4v) is 2.58. The topological polar surface area (TPSA) is 64.1 Å². The molecule has 0 saturated heterocycles. The lowest BCUT2D eigenvalue weighted by Gasteiger charge is -1.98. The van der Waals surface area contributed by atoms with E-state index in [9.17, 15) is 4.79 Å². The van der Waals surface area contributed by atoms with Gasteiger partial charge in [0, 0.05) is 16.5 Å². The molecule has 1 N–H and O–H groups in total. The van der Waals surface area contributed by atoms with E-state index in [1.165, 1.54) is 18.4 Å². The van der Waals surface area contributed by atoms with E-state index in [0.29, 0.717) is 17.4 Å². The SMILES string of the molecule is COC(=O)c1csc(NCc2nc(C)cs2)n1. The van der Waals surface area contributed by atoms with Crippen LogP contribution < -0.4 is 5.32 Å². The van der Waals surface area contributed by atoms with Gasteiger partial charge in [-0.05, 0) is 6.92 Å². The molecule has 0 radical (unpaired) electrons. The van der Waals surface area contributed by atoms with Crippen LogP contribution in [0.15, 0.2) is 10.8 Å². The molecule has 0 unspecified atom stereocenters. The summed E-state index contributed by atoms with van der Waals surface area (Å²) in [7, 11) is 1.34. The van der Waals surface area contributed by atoms with Crippen LogP contribution in [0.1, 0.15) is 21.2 Å². The van der Waals surface area contributed by atoms with Crippen LogP contribution in [0, 0.1) is 6.92 Å². The maximum atomic E-state index is 11.2. The Labute approximate surface area is 106 Å². The van der Waals surface area contributed by atoms with Crippen molar-refractivity contribution in [1.29, 1.82) is 0 Å². The van der Waals surface area contributed by atoms with Crippen molar-refractivity contribution in [3.63, 3.8) is 0 Å². The number of methoxy groups -OCH3 is 1. The number of ether oxygens (including phenoxy) is 1. The lowest BCUT2D eigenvalue weighted by molar-refractivity contribution is 0.0595. The van der Waals surface area contributed by atoms with Crippen LogP contribution in [-0.2, 0) is 11.3 Å². The van der Waals surface area contributed by atoms with Gasteiger partial charge in [-0.2, -0.15) is 0 Å². The molecular weight excluding hydrogens is 258 g/mol. The number of thiazole rings is 2. The van der Waals surface area contributed by atoms with E-state index >= 15 is 0 Å². The Bertz CT molecular complexity index is 521. The van der Waals surface area contributed by atoms with Crippen molar-refractivity contribution < 1.29 is 9.53 Å². The molecule has 0 atom stereocenters. The van der Waals surface area contributed by atoms with Gasteiger partial charge in [0.15, 0.2) is 10.8 Å². The predicted octanol–water partition coefficient (Wildman–Crippen LogP) is 2.31. The first kappa shape index (κ1) is 12.0. The van der Waals surface area contributed by atoms with Crippen LogP contribution in [0.2, 0.25) is 0 Å². The highest BCUT2D eigenvalue weighted by atomic mass is 32.1. The van der Waals surface area contributed by atoms with Gasteiger partial charge >= 0.3 is 5.97 Å². The molecule has 0 spiro atoms. The number of hydrogen-bond donors (Lipinski definition) is 1. The van der Waals surface area contributed by atoms with Crippen molar-refractivity contribution in [3.8, 4) is 0 Å². The molecule has 2 heterocycles. The van der Waals surface area contributed by atoms with E-state index in [-0.39, 0.29) is 0 Å². The average molecular weight is 269 g/mol. The summed E-state index contributed by atoms with van der Waals surface area (Å²) in [4.78, 5) is 19.6. The van der Waals surface area contributed by atoms with E-state index < -0.39 is 5.97 Å². The zero-order valence-corrected chi connectivity index (χ0v) is 11.0. The summed E-state index contributed by atoms with van der Waals surface area (Å²) < 4.78 is 4.58. The molecule has 0 saturated carbocycles. The van der Waals surface area contributed by atoms with Crippen LogP contribution in [0.25, 0.3) is 0 Å². The number of anilines is 1. The van der Waals surface area contributed by atoms with E-state index in [1.54, 1.807) is 16.7 Å². The Hall–Kier alpha value is -1.47. The number of nitrogens with one attached hydrogen (secondary N) is 1. The molecule has 0 aliphatic rings. The average Bonchev–Trinajstić information content (AvgIpc) is 2.94. The second-order valence-corrected chi connectivity index (χ2v) is 5.07. The van der Waals surface area contributed by atoms with Gasteiger partial charge in [-0.15, -0.1) is 22.7 Å². The molecule has 17 heavy (non-hydrogen) atoms. The molecule has 0 amide bonds. The molecule has 0 aliphatic heterocycles. The van der Waals surface area contributed by atoms with Gasteiger partial charge < -0.3 is 10.1 Å². The summed E-state index contributed by atoms with van der Waals surface area (Å²) in [5, 5.41) is 8.48. The number of aryl methyl sites for hydroxylation is 1. The maximum Gasteiger partial charge on any atom is 0.357 e. The van der Waals surface area contributed by atoms with Crippen LogP contribution in [0.3, 0.4) is 0 Å². The second-order valence-electron chi connectivity index (χ2n) is 3.27. The lowest BCUT2D eigenvalue weighted by Crippen LogP contribution is -2.03. The van der Waals surface area contributed by atoms with Crippen molar-refractivity contribution >= 4 is 33.8 Å². The van der Waals surface area contributed by atoms with Crippen LogP contribution in [-0.4, -0.2) is 23.0 Å². The minimum absolute atomic E-state index is 0.329. The van der Waals surface area contributed by atoms with Gasteiger partial charge in [-0.1, -0.05) is 0 Å². The summed E-state index contributed by atoms with van der Waals surface area (Å²) in [6, 6.07) is 0. The fraction of sp³-hybridized carbons (Fsp3) is 0.300. The molecular formula is C10H11N3O2S2. The highest BCUT2D eigenvalue weighted by molar-refractivity contribution is 7.14. The normalized spacial score (nSPS) is 10.2. The third-order valence-corrected chi connectivity index (χ3v) is 3.72.